The molecule has 1 atom stereocenters. The number of carboxylic acids is 1. The number of hydrogen-bond donors (Lipinski definition) is 2. The lowest BCUT2D eigenvalue weighted by Gasteiger charge is -2.14. The summed E-state index contributed by atoms with van der Waals surface area (Å²) in [7, 11) is 0. The zero-order valence-corrected chi connectivity index (χ0v) is 12.4. The molecule has 116 valence electrons. The molecule has 0 aliphatic carbocycles. The first-order valence-electron chi connectivity index (χ1n) is 7.24. The minimum Gasteiger partial charge on any atom is -0.483 e. The molecule has 5 nitrogen and oxygen atoms in total. The van der Waals surface area contributed by atoms with Crippen molar-refractivity contribution in [3.05, 3.63) is 42.5 Å². The predicted molar refractivity (Wildman–Crippen MR) is 83.9 cm³/mol. The number of nitrogens with one attached hydrogen (secondary N) is 1. The summed E-state index contributed by atoms with van der Waals surface area (Å²) < 4.78 is 5.53. The monoisotopic (exact) mass is 301 g/mol. The van der Waals surface area contributed by atoms with E-state index in [0.717, 1.165) is 10.8 Å². The van der Waals surface area contributed by atoms with Gasteiger partial charge in [-0.05, 0) is 17.9 Å². The second-order valence-corrected chi connectivity index (χ2v) is 5.01. The van der Waals surface area contributed by atoms with Gasteiger partial charge in [0.25, 0.3) is 5.91 Å². The van der Waals surface area contributed by atoms with Crippen LogP contribution in [0, 0.1) is 0 Å². The third-order valence-corrected chi connectivity index (χ3v) is 3.32. The first-order chi connectivity index (χ1) is 10.6. The van der Waals surface area contributed by atoms with Gasteiger partial charge in [0.1, 0.15) is 11.8 Å². The van der Waals surface area contributed by atoms with Crippen LogP contribution in [-0.2, 0) is 9.59 Å². The van der Waals surface area contributed by atoms with Crippen LogP contribution in [0.25, 0.3) is 10.8 Å². The summed E-state index contributed by atoms with van der Waals surface area (Å²) in [5.41, 5.74) is 0. The summed E-state index contributed by atoms with van der Waals surface area (Å²) >= 11 is 0. The zero-order valence-electron chi connectivity index (χ0n) is 12.4. The smallest absolute Gasteiger partial charge is 0.326 e. The van der Waals surface area contributed by atoms with E-state index < -0.39 is 17.9 Å². The lowest BCUT2D eigenvalue weighted by atomic mass is 10.1. The number of carbonyl (C=O) groups excluding carboxylic acids is 1. The number of aliphatic carboxylic acids is 1. The minimum absolute atomic E-state index is 0.207. The van der Waals surface area contributed by atoms with Gasteiger partial charge in [0.2, 0.25) is 0 Å². The average molecular weight is 301 g/mol. The van der Waals surface area contributed by atoms with Gasteiger partial charge in [-0.1, -0.05) is 49.7 Å². The van der Waals surface area contributed by atoms with E-state index >= 15 is 0 Å². The summed E-state index contributed by atoms with van der Waals surface area (Å²) in [5.74, 6) is -0.857. The van der Waals surface area contributed by atoms with E-state index in [-0.39, 0.29) is 6.61 Å². The molecule has 0 aromatic heterocycles. The maximum absolute atomic E-state index is 11.8. The molecule has 0 radical (unpaired) electrons. The normalized spacial score (nSPS) is 11.9. The lowest BCUT2D eigenvalue weighted by Crippen LogP contribution is -2.42. The molecule has 1 unspecified atom stereocenters. The number of ether oxygens (including phenoxy) is 1. The van der Waals surface area contributed by atoms with Crippen LogP contribution in [0.1, 0.15) is 19.8 Å². The van der Waals surface area contributed by atoms with Gasteiger partial charge < -0.3 is 15.2 Å². The Morgan fingerprint density at radius 1 is 1.18 bits per heavy atom. The van der Waals surface area contributed by atoms with E-state index in [9.17, 15) is 9.59 Å². The van der Waals surface area contributed by atoms with Crippen molar-refractivity contribution in [2.75, 3.05) is 6.61 Å². The Labute approximate surface area is 128 Å². The van der Waals surface area contributed by atoms with Crippen molar-refractivity contribution in [1.29, 1.82) is 0 Å². The molecule has 1 amide bonds. The first kappa shape index (κ1) is 15.8. The molecule has 0 saturated heterocycles. The first-order valence-corrected chi connectivity index (χ1v) is 7.24. The molecule has 0 saturated carbocycles. The van der Waals surface area contributed by atoms with E-state index in [1.54, 1.807) is 6.07 Å². The third-order valence-electron chi connectivity index (χ3n) is 3.32. The van der Waals surface area contributed by atoms with Crippen LogP contribution in [0.3, 0.4) is 0 Å². The maximum atomic E-state index is 11.8. The predicted octanol–water partition coefficient (Wildman–Crippen LogP) is 2.59. The highest BCUT2D eigenvalue weighted by atomic mass is 16.5. The molecule has 0 heterocycles. The van der Waals surface area contributed by atoms with Crippen molar-refractivity contribution >= 4 is 22.6 Å². The highest BCUT2D eigenvalue weighted by molar-refractivity contribution is 5.89. The van der Waals surface area contributed by atoms with E-state index in [1.165, 1.54) is 0 Å². The van der Waals surface area contributed by atoms with Gasteiger partial charge in [0.05, 0.1) is 0 Å². The maximum Gasteiger partial charge on any atom is 0.326 e. The molecule has 22 heavy (non-hydrogen) atoms. The molecular formula is C17H19NO4. The second kappa shape index (κ2) is 7.45. The fraction of sp³-hybridized carbons (Fsp3) is 0.294. The number of amides is 1. The van der Waals surface area contributed by atoms with Gasteiger partial charge >= 0.3 is 5.97 Å². The third kappa shape index (κ3) is 3.97. The van der Waals surface area contributed by atoms with Crippen LogP contribution in [0.2, 0.25) is 0 Å². The number of carbonyl (C=O) groups is 2. The van der Waals surface area contributed by atoms with Gasteiger partial charge in [0.15, 0.2) is 6.61 Å². The van der Waals surface area contributed by atoms with Gasteiger partial charge in [-0.25, -0.2) is 4.79 Å². The summed E-state index contributed by atoms with van der Waals surface area (Å²) in [6.07, 6.45) is 1.08. The fourth-order valence-electron chi connectivity index (χ4n) is 2.25. The lowest BCUT2D eigenvalue weighted by molar-refractivity contribution is -0.142. The Morgan fingerprint density at radius 3 is 2.64 bits per heavy atom. The molecule has 0 spiro atoms. The van der Waals surface area contributed by atoms with Crippen molar-refractivity contribution in [1.82, 2.24) is 5.32 Å². The number of rotatable bonds is 7. The van der Waals surface area contributed by atoms with Crippen molar-refractivity contribution in [3.8, 4) is 5.75 Å². The molecule has 0 aliphatic rings. The highest BCUT2D eigenvalue weighted by Crippen LogP contribution is 2.24. The summed E-state index contributed by atoms with van der Waals surface area (Å²) in [5, 5.41) is 13.4. The van der Waals surface area contributed by atoms with Crippen molar-refractivity contribution in [3.63, 3.8) is 0 Å². The highest BCUT2D eigenvalue weighted by Gasteiger charge is 2.18. The molecule has 0 aliphatic heterocycles. The number of hydrogen-bond acceptors (Lipinski definition) is 3. The Balaban J connectivity index is 1.99. The number of carboxylic acid groups (broad SMARTS) is 1. The average Bonchev–Trinajstić information content (AvgIpc) is 2.52. The molecule has 2 aromatic rings. The fourth-order valence-corrected chi connectivity index (χ4v) is 2.25. The molecule has 2 rings (SSSR count). The van der Waals surface area contributed by atoms with Crippen molar-refractivity contribution in [2.45, 2.75) is 25.8 Å². The Kier molecular flexibility index (Phi) is 5.36. The number of fused-ring (bicyclic) bond motifs is 1. The van der Waals surface area contributed by atoms with E-state index in [1.807, 2.05) is 43.3 Å². The quantitative estimate of drug-likeness (QED) is 0.824. The summed E-state index contributed by atoms with van der Waals surface area (Å²) in [4.78, 5) is 22.9. The van der Waals surface area contributed by atoms with Gasteiger partial charge in [-0.15, -0.1) is 0 Å². The minimum atomic E-state index is -1.03. The van der Waals surface area contributed by atoms with E-state index in [4.69, 9.17) is 9.84 Å². The Bertz CT molecular complexity index is 663. The van der Waals surface area contributed by atoms with Crippen LogP contribution in [0.5, 0.6) is 5.75 Å². The van der Waals surface area contributed by atoms with Gasteiger partial charge in [-0.2, -0.15) is 0 Å². The Hall–Kier alpha value is -2.56. The van der Waals surface area contributed by atoms with Gasteiger partial charge in [-0.3, -0.25) is 4.79 Å². The van der Waals surface area contributed by atoms with E-state index in [0.29, 0.717) is 18.6 Å². The van der Waals surface area contributed by atoms with Crippen LogP contribution in [0.4, 0.5) is 0 Å². The molecule has 0 fully saturated rings. The summed E-state index contributed by atoms with van der Waals surface area (Å²) in [6.45, 7) is 1.66. The van der Waals surface area contributed by atoms with Crippen LogP contribution in [0.15, 0.2) is 42.5 Å². The van der Waals surface area contributed by atoms with Crippen molar-refractivity contribution in [2.24, 2.45) is 0 Å². The SMILES string of the molecule is CCCC(NC(=O)COc1cccc2ccccc12)C(=O)O. The van der Waals surface area contributed by atoms with Crippen LogP contribution < -0.4 is 10.1 Å². The standard InChI is InChI=1S/C17H19NO4/c1-2-6-14(17(20)21)18-16(19)11-22-15-10-5-8-12-7-3-4-9-13(12)15/h3-5,7-10,14H,2,6,11H2,1H3,(H,18,19)(H,20,21). The molecule has 2 N–H and O–H groups in total. The second-order valence-electron chi connectivity index (χ2n) is 5.01. The zero-order chi connectivity index (χ0) is 15.9. The van der Waals surface area contributed by atoms with Crippen molar-refractivity contribution < 1.29 is 19.4 Å². The molecular weight excluding hydrogens is 282 g/mol. The van der Waals surface area contributed by atoms with E-state index in [2.05, 4.69) is 5.32 Å². The Morgan fingerprint density at radius 2 is 1.91 bits per heavy atom. The molecule has 0 bridgehead atoms. The largest absolute Gasteiger partial charge is 0.483 e. The number of benzene rings is 2. The van der Waals surface area contributed by atoms with Gasteiger partial charge in [0, 0.05) is 5.39 Å². The summed E-state index contributed by atoms with van der Waals surface area (Å²) in [6, 6.07) is 12.4. The van der Waals surface area contributed by atoms with Crippen LogP contribution >= 0.6 is 0 Å². The topological polar surface area (TPSA) is 75.6 Å². The van der Waals surface area contributed by atoms with Crippen LogP contribution in [-0.4, -0.2) is 29.6 Å². The molecule has 2 aromatic carbocycles. The molecule has 5 heteroatoms.